The number of hydrogen-bond donors (Lipinski definition) is 0. The Labute approximate surface area is 167 Å². The van der Waals surface area contributed by atoms with Crippen LogP contribution in [0.25, 0.3) is 0 Å². The van der Waals surface area contributed by atoms with Crippen LogP contribution < -0.4 is 4.74 Å². The average molecular weight is 411 g/mol. The van der Waals surface area contributed by atoms with Crippen LogP contribution in [0, 0.1) is 11.8 Å². The zero-order valence-corrected chi connectivity index (χ0v) is 17.7. The molecule has 1 aromatic carbocycles. The molecular formula is C21H30O6S. The number of sulfone groups is 1. The van der Waals surface area contributed by atoms with E-state index in [1.165, 1.54) is 7.11 Å². The van der Waals surface area contributed by atoms with E-state index in [0.717, 1.165) is 31.2 Å². The van der Waals surface area contributed by atoms with Gasteiger partial charge in [0, 0.05) is 12.3 Å². The fourth-order valence-electron chi connectivity index (χ4n) is 3.46. The van der Waals surface area contributed by atoms with Crippen molar-refractivity contribution in [3.63, 3.8) is 0 Å². The van der Waals surface area contributed by atoms with Crippen LogP contribution in [-0.4, -0.2) is 44.9 Å². The third-order valence-electron chi connectivity index (χ3n) is 5.35. The van der Waals surface area contributed by atoms with Crippen LogP contribution in [0.15, 0.2) is 24.3 Å². The first-order valence-corrected chi connectivity index (χ1v) is 11.5. The first-order valence-electron chi connectivity index (χ1n) is 9.74. The second-order valence-corrected chi connectivity index (χ2v) is 10.4. The number of ether oxygens (including phenoxy) is 2. The molecule has 6 nitrogen and oxygen atoms in total. The molecule has 1 aliphatic carbocycles. The van der Waals surface area contributed by atoms with Crippen molar-refractivity contribution >= 4 is 21.6 Å². The molecule has 0 spiro atoms. The van der Waals surface area contributed by atoms with Gasteiger partial charge in [0.15, 0.2) is 16.4 Å². The number of methoxy groups -OCH3 is 1. The first kappa shape index (κ1) is 22.4. The summed E-state index contributed by atoms with van der Waals surface area (Å²) in [6.07, 6.45) is 3.37. The summed E-state index contributed by atoms with van der Waals surface area (Å²) in [5, 5.41) is -0.347. The lowest BCUT2D eigenvalue weighted by Crippen LogP contribution is -2.29. The van der Waals surface area contributed by atoms with Gasteiger partial charge in [-0.3, -0.25) is 4.79 Å². The van der Waals surface area contributed by atoms with Crippen molar-refractivity contribution in [3.8, 4) is 5.75 Å². The average Bonchev–Trinajstić information content (AvgIpc) is 2.66. The van der Waals surface area contributed by atoms with Gasteiger partial charge in [0.1, 0.15) is 11.5 Å². The van der Waals surface area contributed by atoms with Gasteiger partial charge < -0.3 is 9.47 Å². The summed E-state index contributed by atoms with van der Waals surface area (Å²) >= 11 is 0. The Morgan fingerprint density at radius 2 is 1.82 bits per heavy atom. The van der Waals surface area contributed by atoms with Gasteiger partial charge in [-0.15, -0.1) is 0 Å². The lowest BCUT2D eigenvalue weighted by molar-refractivity contribution is -0.142. The Kier molecular flexibility index (Phi) is 8.04. The second kappa shape index (κ2) is 10.0. The molecule has 1 aromatic rings. The van der Waals surface area contributed by atoms with Crippen LogP contribution in [0.3, 0.4) is 0 Å². The van der Waals surface area contributed by atoms with E-state index < -0.39 is 15.8 Å². The number of esters is 1. The maximum atomic E-state index is 12.7. The monoisotopic (exact) mass is 410 g/mol. The van der Waals surface area contributed by atoms with E-state index in [9.17, 15) is 18.0 Å². The Morgan fingerprint density at radius 1 is 1.14 bits per heavy atom. The molecule has 156 valence electrons. The molecule has 0 saturated heterocycles. The maximum Gasteiger partial charge on any atom is 0.343 e. The zero-order chi connectivity index (χ0) is 20.7. The summed E-state index contributed by atoms with van der Waals surface area (Å²) in [6, 6.07) is 7.16. The number of Topliss-reactive ketones (excluding diaryl/α,β-unsaturated/α-hetero) is 1. The van der Waals surface area contributed by atoms with E-state index in [1.807, 2.05) is 6.07 Å². The zero-order valence-electron chi connectivity index (χ0n) is 16.8. The van der Waals surface area contributed by atoms with Gasteiger partial charge in [-0.2, -0.15) is 0 Å². The van der Waals surface area contributed by atoms with Crippen molar-refractivity contribution in [2.45, 2.75) is 51.2 Å². The molecule has 0 atom stereocenters. The van der Waals surface area contributed by atoms with Crippen LogP contribution in [0.2, 0.25) is 0 Å². The lowest BCUT2D eigenvalue weighted by atomic mass is 9.79. The third kappa shape index (κ3) is 6.62. The van der Waals surface area contributed by atoms with Crippen LogP contribution in [0.1, 0.15) is 45.1 Å². The summed E-state index contributed by atoms with van der Waals surface area (Å²) in [4.78, 5) is 23.8. The topological polar surface area (TPSA) is 86.7 Å². The van der Waals surface area contributed by atoms with Crippen molar-refractivity contribution in [2.75, 3.05) is 19.5 Å². The molecule has 0 bridgehead atoms. The SMILES string of the molecule is COC(=O)COc1cccc(CC(=O)C2CCC(CS(=O)(=O)C(C)C)CC2)c1. The van der Waals surface area contributed by atoms with Crippen LogP contribution >= 0.6 is 0 Å². The number of carbonyl (C=O) groups is 2. The van der Waals surface area contributed by atoms with Gasteiger partial charge >= 0.3 is 5.97 Å². The minimum atomic E-state index is -3.03. The molecule has 1 saturated carbocycles. The van der Waals surface area contributed by atoms with E-state index in [4.69, 9.17) is 4.74 Å². The smallest absolute Gasteiger partial charge is 0.343 e. The normalized spacial score (nSPS) is 20.0. The highest BCUT2D eigenvalue weighted by Gasteiger charge is 2.30. The van der Waals surface area contributed by atoms with Crippen LogP contribution in [-0.2, 0) is 30.6 Å². The predicted octanol–water partition coefficient (Wildman–Crippen LogP) is 2.98. The van der Waals surface area contributed by atoms with Crippen molar-refractivity contribution in [3.05, 3.63) is 29.8 Å². The van der Waals surface area contributed by atoms with Gasteiger partial charge in [-0.25, -0.2) is 13.2 Å². The van der Waals surface area contributed by atoms with Crippen molar-refractivity contribution in [1.29, 1.82) is 0 Å². The minimum absolute atomic E-state index is 0.0161. The fraction of sp³-hybridized carbons (Fsp3) is 0.619. The van der Waals surface area contributed by atoms with Crippen LogP contribution in [0.5, 0.6) is 5.75 Å². The highest BCUT2D eigenvalue weighted by molar-refractivity contribution is 7.91. The lowest BCUT2D eigenvalue weighted by Gasteiger charge is -2.28. The number of carbonyl (C=O) groups excluding carboxylic acids is 2. The van der Waals surface area contributed by atoms with Gasteiger partial charge in [0.2, 0.25) is 0 Å². The molecule has 0 unspecified atom stereocenters. The Morgan fingerprint density at radius 3 is 2.43 bits per heavy atom. The summed E-state index contributed by atoms with van der Waals surface area (Å²) < 4.78 is 34.1. The minimum Gasteiger partial charge on any atom is -0.482 e. The quantitative estimate of drug-likeness (QED) is 0.582. The molecule has 0 amide bonds. The van der Waals surface area contributed by atoms with E-state index >= 15 is 0 Å². The van der Waals surface area contributed by atoms with E-state index in [1.54, 1.807) is 32.0 Å². The summed E-state index contributed by atoms with van der Waals surface area (Å²) in [5.41, 5.74) is 0.844. The van der Waals surface area contributed by atoms with Gasteiger partial charge in [-0.05, 0) is 63.1 Å². The number of hydrogen-bond acceptors (Lipinski definition) is 6. The molecule has 7 heteroatoms. The summed E-state index contributed by atoms with van der Waals surface area (Å²) in [6.45, 7) is 3.26. The predicted molar refractivity (Wildman–Crippen MR) is 107 cm³/mol. The standard InChI is InChI=1S/C21H30O6S/c1-15(2)28(24,25)14-16-7-9-18(10-8-16)20(22)12-17-5-4-6-19(11-17)27-13-21(23)26-3/h4-6,11,15-16,18H,7-10,12-14H2,1-3H3. The number of ketones is 1. The van der Waals surface area contributed by atoms with Gasteiger partial charge in [0.05, 0.1) is 18.1 Å². The van der Waals surface area contributed by atoms with Gasteiger partial charge in [-0.1, -0.05) is 12.1 Å². The summed E-state index contributed by atoms with van der Waals surface area (Å²) in [7, 11) is -1.73. The molecule has 1 fully saturated rings. The van der Waals surface area contributed by atoms with Crippen molar-refractivity contribution in [2.24, 2.45) is 11.8 Å². The molecule has 2 rings (SSSR count). The Bertz CT molecular complexity index is 776. The summed E-state index contributed by atoms with van der Waals surface area (Å²) in [5.74, 6) is 0.612. The third-order valence-corrected chi connectivity index (χ3v) is 7.72. The molecule has 0 heterocycles. The van der Waals surface area contributed by atoms with E-state index in [2.05, 4.69) is 4.74 Å². The maximum absolute atomic E-state index is 12.7. The molecule has 1 aliphatic rings. The largest absolute Gasteiger partial charge is 0.482 e. The molecule has 0 aliphatic heterocycles. The highest BCUT2D eigenvalue weighted by atomic mass is 32.2. The Balaban J connectivity index is 1.85. The van der Waals surface area contributed by atoms with E-state index in [0.29, 0.717) is 12.2 Å². The highest BCUT2D eigenvalue weighted by Crippen LogP contribution is 2.31. The second-order valence-electron chi connectivity index (χ2n) is 7.75. The molecular weight excluding hydrogens is 380 g/mol. The van der Waals surface area contributed by atoms with Crippen LogP contribution in [0.4, 0.5) is 0 Å². The molecule has 28 heavy (non-hydrogen) atoms. The molecule has 0 aromatic heterocycles. The van der Waals surface area contributed by atoms with E-state index in [-0.39, 0.29) is 35.2 Å². The molecule has 0 radical (unpaired) electrons. The molecule has 0 N–H and O–H groups in total. The number of rotatable bonds is 9. The fourth-order valence-corrected chi connectivity index (χ4v) is 4.84. The Hall–Kier alpha value is -1.89. The first-order chi connectivity index (χ1) is 13.2. The van der Waals surface area contributed by atoms with Crippen molar-refractivity contribution in [1.82, 2.24) is 0 Å². The van der Waals surface area contributed by atoms with Crippen molar-refractivity contribution < 1.29 is 27.5 Å². The van der Waals surface area contributed by atoms with Gasteiger partial charge in [0.25, 0.3) is 0 Å². The number of benzene rings is 1.